The Morgan fingerprint density at radius 1 is 1.00 bits per heavy atom. The summed E-state index contributed by atoms with van der Waals surface area (Å²) >= 11 is 0. The van der Waals surface area contributed by atoms with Gasteiger partial charge in [0.25, 0.3) is 0 Å². The molecule has 1 aromatic heterocycles. The number of nitrogens with one attached hydrogen (secondary N) is 1. The minimum absolute atomic E-state index is 0.170. The van der Waals surface area contributed by atoms with E-state index in [9.17, 15) is 4.79 Å². The minimum Gasteiger partial charge on any atom is -0.359 e. The summed E-state index contributed by atoms with van der Waals surface area (Å²) in [5.41, 5.74) is 1.36. The number of amides is 1. The second kappa shape index (κ2) is 12.4. The Balaban J connectivity index is 1.80. The van der Waals surface area contributed by atoms with Crippen LogP contribution in [0.5, 0.6) is 0 Å². The van der Waals surface area contributed by atoms with E-state index in [1.54, 1.807) is 7.05 Å². The van der Waals surface area contributed by atoms with Gasteiger partial charge in [0.15, 0.2) is 0 Å². The summed E-state index contributed by atoms with van der Waals surface area (Å²) in [6.07, 6.45) is 17.1. The first-order chi connectivity index (χ1) is 10.3. The van der Waals surface area contributed by atoms with Crippen molar-refractivity contribution in [2.75, 3.05) is 7.05 Å². The quantitative estimate of drug-likeness (QED) is 0.584. The number of hydrogen-bond donors (Lipinski definition) is 1. The molecule has 0 spiro atoms. The molecule has 1 N–H and O–H groups in total. The summed E-state index contributed by atoms with van der Waals surface area (Å²) in [7, 11) is 1.71. The molecule has 1 heterocycles. The number of aryl methyl sites for hydroxylation is 1. The highest BCUT2D eigenvalue weighted by Gasteiger charge is 1.97. The van der Waals surface area contributed by atoms with Gasteiger partial charge >= 0.3 is 0 Å². The van der Waals surface area contributed by atoms with Crippen molar-refractivity contribution in [2.24, 2.45) is 0 Å². The molecule has 3 heteroatoms. The van der Waals surface area contributed by atoms with Gasteiger partial charge in [-0.1, -0.05) is 51.0 Å². The fraction of sp³-hybridized carbons (Fsp3) is 0.667. The zero-order valence-corrected chi connectivity index (χ0v) is 13.4. The molecule has 0 saturated carbocycles. The summed E-state index contributed by atoms with van der Waals surface area (Å²) in [6, 6.07) is 4.17. The summed E-state index contributed by atoms with van der Waals surface area (Å²) in [5.74, 6) is 0.170. The molecule has 0 saturated heterocycles. The second-order valence-corrected chi connectivity index (χ2v) is 5.72. The molecular weight excluding hydrogens is 260 g/mol. The van der Waals surface area contributed by atoms with Gasteiger partial charge in [0.2, 0.25) is 5.91 Å². The minimum atomic E-state index is 0.170. The van der Waals surface area contributed by atoms with Gasteiger partial charge in [-0.05, 0) is 30.9 Å². The van der Waals surface area contributed by atoms with E-state index in [0.29, 0.717) is 6.42 Å². The number of carbonyl (C=O) groups excluding carboxylic acids is 1. The Morgan fingerprint density at radius 2 is 1.62 bits per heavy atom. The standard InChI is InChI=1S/C18H30N2O/c1-19-18(21)14-10-8-6-4-2-3-5-7-9-12-17-13-11-15-20-16-17/h11,13,15-16H,2-10,12,14H2,1H3,(H,19,21). The third kappa shape index (κ3) is 10.1. The highest BCUT2D eigenvalue weighted by atomic mass is 16.1. The van der Waals surface area contributed by atoms with Crippen molar-refractivity contribution in [1.82, 2.24) is 10.3 Å². The van der Waals surface area contributed by atoms with Gasteiger partial charge in [0.05, 0.1) is 0 Å². The van der Waals surface area contributed by atoms with Crippen molar-refractivity contribution in [1.29, 1.82) is 0 Å². The number of unbranched alkanes of at least 4 members (excludes halogenated alkanes) is 8. The lowest BCUT2D eigenvalue weighted by molar-refractivity contribution is -0.120. The van der Waals surface area contributed by atoms with E-state index in [4.69, 9.17) is 0 Å². The van der Waals surface area contributed by atoms with Crippen LogP contribution in [-0.4, -0.2) is 17.9 Å². The average Bonchev–Trinajstić information content (AvgIpc) is 2.53. The molecular formula is C18H30N2O. The lowest BCUT2D eigenvalue weighted by atomic mass is 10.0. The first kappa shape index (κ1) is 17.7. The van der Waals surface area contributed by atoms with Crippen LogP contribution in [0.2, 0.25) is 0 Å². The second-order valence-electron chi connectivity index (χ2n) is 5.72. The molecule has 21 heavy (non-hydrogen) atoms. The van der Waals surface area contributed by atoms with Gasteiger partial charge in [-0.3, -0.25) is 9.78 Å². The highest BCUT2D eigenvalue weighted by Crippen LogP contribution is 2.12. The van der Waals surface area contributed by atoms with Gasteiger partial charge in [-0.15, -0.1) is 0 Å². The Kier molecular flexibility index (Phi) is 10.4. The van der Waals surface area contributed by atoms with Crippen LogP contribution in [0.4, 0.5) is 0 Å². The summed E-state index contributed by atoms with van der Waals surface area (Å²) in [5, 5.41) is 2.66. The van der Waals surface area contributed by atoms with Crippen molar-refractivity contribution >= 4 is 5.91 Å². The smallest absolute Gasteiger partial charge is 0.219 e. The fourth-order valence-corrected chi connectivity index (χ4v) is 2.52. The summed E-state index contributed by atoms with van der Waals surface area (Å²) in [4.78, 5) is 15.2. The maximum Gasteiger partial charge on any atom is 0.219 e. The van der Waals surface area contributed by atoms with Crippen LogP contribution in [0.3, 0.4) is 0 Å². The SMILES string of the molecule is CNC(=O)CCCCCCCCCCCc1cccnc1. The lowest BCUT2D eigenvalue weighted by Gasteiger charge is -2.03. The van der Waals surface area contributed by atoms with Crippen LogP contribution < -0.4 is 5.32 Å². The van der Waals surface area contributed by atoms with Crippen LogP contribution in [0, 0.1) is 0 Å². The van der Waals surface area contributed by atoms with Gasteiger partial charge in [0, 0.05) is 25.9 Å². The third-order valence-electron chi connectivity index (χ3n) is 3.87. The van der Waals surface area contributed by atoms with Gasteiger partial charge in [0.1, 0.15) is 0 Å². The Bertz CT molecular complexity index is 365. The number of hydrogen-bond acceptors (Lipinski definition) is 2. The van der Waals surface area contributed by atoms with E-state index in [-0.39, 0.29) is 5.91 Å². The first-order valence-corrected chi connectivity index (χ1v) is 8.42. The Morgan fingerprint density at radius 3 is 2.19 bits per heavy atom. The summed E-state index contributed by atoms with van der Waals surface area (Å²) in [6.45, 7) is 0. The van der Waals surface area contributed by atoms with Gasteiger partial charge < -0.3 is 5.32 Å². The van der Waals surface area contributed by atoms with Crippen LogP contribution in [0.1, 0.15) is 69.8 Å². The van der Waals surface area contributed by atoms with Crippen molar-refractivity contribution in [3.63, 3.8) is 0 Å². The van der Waals surface area contributed by atoms with E-state index >= 15 is 0 Å². The van der Waals surface area contributed by atoms with Crippen molar-refractivity contribution in [3.8, 4) is 0 Å². The molecule has 118 valence electrons. The molecule has 1 rings (SSSR count). The third-order valence-corrected chi connectivity index (χ3v) is 3.87. The van der Waals surface area contributed by atoms with Crippen LogP contribution in [-0.2, 0) is 11.2 Å². The van der Waals surface area contributed by atoms with E-state index in [1.807, 2.05) is 18.5 Å². The predicted molar refractivity (Wildman–Crippen MR) is 88.2 cm³/mol. The number of nitrogens with zero attached hydrogens (tertiary/aromatic N) is 1. The zero-order valence-electron chi connectivity index (χ0n) is 13.4. The number of rotatable bonds is 12. The lowest BCUT2D eigenvalue weighted by Crippen LogP contribution is -2.16. The van der Waals surface area contributed by atoms with Crippen molar-refractivity contribution in [3.05, 3.63) is 30.1 Å². The molecule has 0 unspecified atom stereocenters. The molecule has 0 aliphatic rings. The number of aromatic nitrogens is 1. The molecule has 0 radical (unpaired) electrons. The maximum atomic E-state index is 11.0. The van der Waals surface area contributed by atoms with Crippen LogP contribution in [0.15, 0.2) is 24.5 Å². The zero-order chi connectivity index (χ0) is 15.2. The monoisotopic (exact) mass is 290 g/mol. The highest BCUT2D eigenvalue weighted by molar-refractivity contribution is 5.75. The van der Waals surface area contributed by atoms with E-state index in [1.165, 1.54) is 56.9 Å². The first-order valence-electron chi connectivity index (χ1n) is 8.42. The molecule has 3 nitrogen and oxygen atoms in total. The number of carbonyl (C=O) groups is 1. The maximum absolute atomic E-state index is 11.0. The Labute approximate surface area is 129 Å². The molecule has 0 aromatic carbocycles. The normalized spacial score (nSPS) is 10.5. The number of pyridine rings is 1. The largest absolute Gasteiger partial charge is 0.359 e. The van der Waals surface area contributed by atoms with Gasteiger partial charge in [-0.2, -0.15) is 0 Å². The Hall–Kier alpha value is -1.38. The molecule has 0 atom stereocenters. The average molecular weight is 290 g/mol. The molecule has 1 amide bonds. The molecule has 0 fully saturated rings. The van der Waals surface area contributed by atoms with Crippen molar-refractivity contribution < 1.29 is 4.79 Å². The molecule has 1 aromatic rings. The fourth-order valence-electron chi connectivity index (χ4n) is 2.52. The molecule has 0 bridgehead atoms. The van der Waals surface area contributed by atoms with Crippen LogP contribution >= 0.6 is 0 Å². The van der Waals surface area contributed by atoms with E-state index in [2.05, 4.69) is 16.4 Å². The van der Waals surface area contributed by atoms with E-state index in [0.717, 1.165) is 12.8 Å². The van der Waals surface area contributed by atoms with Crippen molar-refractivity contribution in [2.45, 2.75) is 70.6 Å². The molecule has 0 aliphatic heterocycles. The predicted octanol–water partition coefficient (Wildman–Crippen LogP) is 4.27. The van der Waals surface area contributed by atoms with Gasteiger partial charge in [-0.25, -0.2) is 0 Å². The summed E-state index contributed by atoms with van der Waals surface area (Å²) < 4.78 is 0. The van der Waals surface area contributed by atoms with Crippen LogP contribution in [0.25, 0.3) is 0 Å². The topological polar surface area (TPSA) is 42.0 Å². The molecule has 0 aliphatic carbocycles. The van der Waals surface area contributed by atoms with E-state index < -0.39 is 0 Å².